The molecule has 2 atom stereocenters. The zero-order valence-corrected chi connectivity index (χ0v) is 18.1. The van der Waals surface area contributed by atoms with Gasteiger partial charge in [0.15, 0.2) is 6.04 Å². The van der Waals surface area contributed by atoms with Crippen LogP contribution in [0.3, 0.4) is 0 Å². The van der Waals surface area contributed by atoms with Gasteiger partial charge >= 0.3 is 6.18 Å². The molecule has 174 valence electrons. The van der Waals surface area contributed by atoms with Crippen molar-refractivity contribution in [1.29, 1.82) is 0 Å². The van der Waals surface area contributed by atoms with Crippen LogP contribution in [0.25, 0.3) is 0 Å². The molecular weight excluding hydrogens is 459 g/mol. The molecule has 0 saturated heterocycles. The molecule has 4 heterocycles. The van der Waals surface area contributed by atoms with Gasteiger partial charge in [-0.15, -0.1) is 11.3 Å². The normalized spacial score (nSPS) is 20.0. The van der Waals surface area contributed by atoms with E-state index in [1.54, 1.807) is 12.1 Å². The monoisotopic (exact) mass is 479 g/mol. The minimum Gasteiger partial charge on any atom is -0.467 e. The summed E-state index contributed by atoms with van der Waals surface area (Å²) in [6, 6.07) is 0.438. The lowest BCUT2D eigenvalue weighted by Gasteiger charge is -2.32. The molecule has 12 heteroatoms. The van der Waals surface area contributed by atoms with Gasteiger partial charge in [0.05, 0.1) is 24.1 Å². The highest BCUT2D eigenvalue weighted by molar-refractivity contribution is 7.17. The van der Waals surface area contributed by atoms with Crippen molar-refractivity contribution in [3.05, 3.63) is 51.9 Å². The first-order chi connectivity index (χ1) is 15.7. The second-order valence-corrected chi connectivity index (χ2v) is 9.20. The average Bonchev–Trinajstić information content (AvgIpc) is 3.49. The molecule has 3 aromatic rings. The van der Waals surface area contributed by atoms with E-state index in [9.17, 15) is 22.8 Å². The van der Waals surface area contributed by atoms with Gasteiger partial charge in [-0.25, -0.2) is 4.68 Å². The van der Waals surface area contributed by atoms with Gasteiger partial charge in [-0.2, -0.15) is 18.3 Å². The highest BCUT2D eigenvalue weighted by Crippen LogP contribution is 2.45. The van der Waals surface area contributed by atoms with Crippen molar-refractivity contribution in [2.75, 3.05) is 10.6 Å². The number of thiophene rings is 1. The van der Waals surface area contributed by atoms with Crippen molar-refractivity contribution in [3.8, 4) is 0 Å². The molecule has 0 saturated carbocycles. The van der Waals surface area contributed by atoms with E-state index in [0.717, 1.165) is 40.6 Å². The highest BCUT2D eigenvalue weighted by atomic mass is 32.1. The number of anilines is 2. The lowest BCUT2D eigenvalue weighted by atomic mass is 9.95. The van der Waals surface area contributed by atoms with E-state index in [0.29, 0.717) is 17.2 Å². The van der Waals surface area contributed by atoms with Gasteiger partial charge in [-0.3, -0.25) is 9.59 Å². The number of hydrogen-bond donors (Lipinski definition) is 3. The largest absolute Gasteiger partial charge is 0.467 e. The van der Waals surface area contributed by atoms with Crippen LogP contribution in [0, 0.1) is 0 Å². The van der Waals surface area contributed by atoms with Crippen LogP contribution in [0.15, 0.2) is 29.0 Å². The van der Waals surface area contributed by atoms with Crippen LogP contribution in [-0.2, 0) is 12.8 Å². The van der Waals surface area contributed by atoms with E-state index in [2.05, 4.69) is 15.7 Å². The predicted octanol–water partition coefficient (Wildman–Crippen LogP) is 4.43. The van der Waals surface area contributed by atoms with Crippen LogP contribution >= 0.6 is 11.3 Å². The standard InChI is InChI=1S/C21H20F3N5O3S/c22-21(23,24)15-8-12(13-5-3-7-32-13)27-18-11(9-26-29(15)18)19(31)28-20-16(17(25)30)10-4-1-2-6-14(10)33-20/h3,5,7,9,12,15,27H,1-2,4,6,8H2,(H2,25,30)(H,28,31)/t12-,15+/m1/s1. The van der Waals surface area contributed by atoms with Gasteiger partial charge in [0, 0.05) is 11.3 Å². The van der Waals surface area contributed by atoms with Crippen LogP contribution in [0.2, 0.25) is 0 Å². The summed E-state index contributed by atoms with van der Waals surface area (Å²) < 4.78 is 47.5. The summed E-state index contributed by atoms with van der Waals surface area (Å²) >= 11 is 1.28. The fraction of sp³-hybridized carbons (Fsp3) is 0.381. The molecule has 1 aliphatic heterocycles. The molecule has 5 rings (SSSR count). The number of fused-ring (bicyclic) bond motifs is 2. The number of hydrogen-bond acceptors (Lipinski definition) is 6. The van der Waals surface area contributed by atoms with Crippen molar-refractivity contribution in [2.45, 2.75) is 50.4 Å². The SMILES string of the molecule is NC(=O)c1c(NC(=O)c2cnn3c2N[C@@H](c2ccco2)C[C@H]3C(F)(F)F)sc2c1CCCC2. The van der Waals surface area contributed by atoms with Gasteiger partial charge in [-0.1, -0.05) is 0 Å². The number of aromatic nitrogens is 2. The molecule has 33 heavy (non-hydrogen) atoms. The molecule has 0 fully saturated rings. The van der Waals surface area contributed by atoms with Crippen LogP contribution in [-0.4, -0.2) is 27.8 Å². The molecule has 0 spiro atoms. The van der Waals surface area contributed by atoms with Crippen molar-refractivity contribution >= 4 is 34.0 Å². The lowest BCUT2D eigenvalue weighted by molar-refractivity contribution is -0.174. The Morgan fingerprint density at radius 1 is 1.30 bits per heavy atom. The summed E-state index contributed by atoms with van der Waals surface area (Å²) in [4.78, 5) is 26.2. The molecule has 0 radical (unpaired) electrons. The number of aryl methyl sites for hydroxylation is 1. The molecule has 0 aromatic carbocycles. The quantitative estimate of drug-likeness (QED) is 0.512. The van der Waals surface area contributed by atoms with E-state index < -0.39 is 30.1 Å². The summed E-state index contributed by atoms with van der Waals surface area (Å²) in [5, 5.41) is 9.82. The maximum atomic E-state index is 13.8. The highest BCUT2D eigenvalue weighted by Gasteiger charge is 2.47. The maximum Gasteiger partial charge on any atom is 0.410 e. The van der Waals surface area contributed by atoms with E-state index in [-0.39, 0.29) is 23.4 Å². The summed E-state index contributed by atoms with van der Waals surface area (Å²) in [5.41, 5.74) is 6.63. The molecule has 2 amide bonds. The molecule has 4 N–H and O–H groups in total. The number of amides is 2. The zero-order chi connectivity index (χ0) is 23.3. The number of nitrogens with one attached hydrogen (secondary N) is 2. The van der Waals surface area contributed by atoms with Crippen molar-refractivity contribution in [3.63, 3.8) is 0 Å². The minimum absolute atomic E-state index is 0.0654. The smallest absolute Gasteiger partial charge is 0.410 e. The number of rotatable bonds is 4. The Hall–Kier alpha value is -3.28. The van der Waals surface area contributed by atoms with Gasteiger partial charge in [0.2, 0.25) is 0 Å². The fourth-order valence-corrected chi connectivity index (χ4v) is 5.78. The first-order valence-electron chi connectivity index (χ1n) is 10.4. The van der Waals surface area contributed by atoms with Crippen LogP contribution in [0.4, 0.5) is 24.0 Å². The molecule has 3 aromatic heterocycles. The number of alkyl halides is 3. The Labute approximate surface area is 189 Å². The summed E-state index contributed by atoms with van der Waals surface area (Å²) in [6.45, 7) is 0. The van der Waals surface area contributed by atoms with Crippen molar-refractivity contribution in [1.82, 2.24) is 9.78 Å². The number of halogens is 3. The van der Waals surface area contributed by atoms with E-state index in [1.807, 2.05) is 0 Å². The van der Waals surface area contributed by atoms with E-state index in [4.69, 9.17) is 10.2 Å². The third kappa shape index (κ3) is 3.77. The Morgan fingerprint density at radius 2 is 2.09 bits per heavy atom. The Kier molecular flexibility index (Phi) is 5.19. The minimum atomic E-state index is -4.58. The second-order valence-electron chi connectivity index (χ2n) is 8.09. The molecule has 2 aliphatic rings. The molecule has 1 aliphatic carbocycles. The Morgan fingerprint density at radius 3 is 2.79 bits per heavy atom. The van der Waals surface area contributed by atoms with E-state index in [1.165, 1.54) is 17.6 Å². The third-order valence-electron chi connectivity index (χ3n) is 6.01. The summed E-state index contributed by atoms with van der Waals surface area (Å²) in [6.07, 6.45) is 0.949. The van der Waals surface area contributed by atoms with Gasteiger partial charge in [-0.05, 0) is 43.4 Å². The Balaban J connectivity index is 1.50. The van der Waals surface area contributed by atoms with Crippen LogP contribution in [0.1, 0.15) is 68.3 Å². The van der Waals surface area contributed by atoms with Crippen molar-refractivity contribution < 1.29 is 27.2 Å². The first kappa shape index (κ1) is 21.6. The molecular formula is C21H20F3N5O3S. The van der Waals surface area contributed by atoms with Crippen LogP contribution in [0.5, 0.6) is 0 Å². The number of nitrogens with two attached hydrogens (primary N) is 1. The average molecular weight is 479 g/mol. The van der Waals surface area contributed by atoms with Crippen molar-refractivity contribution in [2.24, 2.45) is 5.73 Å². The van der Waals surface area contributed by atoms with E-state index >= 15 is 0 Å². The second kappa shape index (κ2) is 7.94. The van der Waals surface area contributed by atoms with Gasteiger partial charge in [0.25, 0.3) is 11.8 Å². The third-order valence-corrected chi connectivity index (χ3v) is 7.22. The van der Waals surface area contributed by atoms with Crippen LogP contribution < -0.4 is 16.4 Å². The first-order valence-corrected chi connectivity index (χ1v) is 11.3. The summed E-state index contributed by atoms with van der Waals surface area (Å²) in [5.74, 6) is -1.06. The molecule has 0 unspecified atom stereocenters. The molecule has 0 bridgehead atoms. The topological polar surface area (TPSA) is 115 Å². The number of carbonyl (C=O) groups excluding carboxylic acids is 2. The number of carbonyl (C=O) groups is 2. The Bertz CT molecular complexity index is 1210. The fourth-order valence-electron chi connectivity index (χ4n) is 4.49. The zero-order valence-electron chi connectivity index (χ0n) is 17.2. The predicted molar refractivity (Wildman–Crippen MR) is 114 cm³/mol. The lowest BCUT2D eigenvalue weighted by Crippen LogP contribution is -2.36. The summed E-state index contributed by atoms with van der Waals surface area (Å²) in [7, 11) is 0. The number of furan rings is 1. The van der Waals surface area contributed by atoms with Gasteiger partial charge in [0.1, 0.15) is 22.1 Å². The number of primary amides is 1. The maximum absolute atomic E-state index is 13.8. The molecule has 8 nitrogen and oxygen atoms in total. The van der Waals surface area contributed by atoms with Gasteiger partial charge < -0.3 is 20.8 Å². The number of nitrogens with zero attached hydrogens (tertiary/aromatic N) is 2.